The summed E-state index contributed by atoms with van der Waals surface area (Å²) in [7, 11) is 0. The Morgan fingerprint density at radius 2 is 2.14 bits per heavy atom. The van der Waals surface area contributed by atoms with Gasteiger partial charge in [0.05, 0.1) is 10.9 Å². The van der Waals surface area contributed by atoms with Gasteiger partial charge in [-0.25, -0.2) is 9.66 Å². The van der Waals surface area contributed by atoms with Gasteiger partial charge in [-0.05, 0) is 12.1 Å². The minimum Gasteiger partial charge on any atom is -0.335 e. The molecule has 4 nitrogen and oxygen atoms in total. The van der Waals surface area contributed by atoms with Gasteiger partial charge in [0, 0.05) is 6.42 Å². The molecule has 72 valence electrons. The zero-order chi connectivity index (χ0) is 10.1. The van der Waals surface area contributed by atoms with E-state index in [1.165, 1.54) is 0 Å². The van der Waals surface area contributed by atoms with Crippen molar-refractivity contribution in [1.82, 2.24) is 9.66 Å². The van der Waals surface area contributed by atoms with Crippen LogP contribution in [0.4, 0.5) is 0 Å². The van der Waals surface area contributed by atoms with Crippen LogP contribution in [0.1, 0.15) is 12.7 Å². The Labute approximate surface area is 81.0 Å². The molecule has 0 amide bonds. The number of aromatic nitrogens is 2. The summed E-state index contributed by atoms with van der Waals surface area (Å²) in [4.78, 5) is 16.0. The first kappa shape index (κ1) is 8.74. The highest BCUT2D eigenvalue weighted by Gasteiger charge is 2.05. The van der Waals surface area contributed by atoms with Crippen molar-refractivity contribution in [3.63, 3.8) is 0 Å². The summed E-state index contributed by atoms with van der Waals surface area (Å²) in [6.45, 7) is 1.92. The molecule has 0 saturated heterocycles. The number of fused-ring (bicyclic) bond motifs is 1. The molecule has 1 aromatic carbocycles. The van der Waals surface area contributed by atoms with Gasteiger partial charge in [0.25, 0.3) is 5.56 Å². The molecule has 2 rings (SSSR count). The second-order valence-corrected chi connectivity index (χ2v) is 3.07. The number of aryl methyl sites for hydroxylation is 1. The Balaban J connectivity index is 2.92. The minimum atomic E-state index is -0.188. The van der Waals surface area contributed by atoms with Crippen LogP contribution in [0.5, 0.6) is 0 Å². The lowest BCUT2D eigenvalue weighted by atomic mass is 10.2. The molecule has 0 bridgehead atoms. The number of nitrogens with zero attached hydrogens (tertiary/aromatic N) is 2. The van der Waals surface area contributed by atoms with Crippen molar-refractivity contribution in [3.05, 3.63) is 40.4 Å². The van der Waals surface area contributed by atoms with E-state index in [9.17, 15) is 4.79 Å². The SMILES string of the molecule is CCc1nc2ccccc2c(=O)n1N. The van der Waals surface area contributed by atoms with Gasteiger partial charge in [-0.3, -0.25) is 4.79 Å². The summed E-state index contributed by atoms with van der Waals surface area (Å²) in [5, 5.41) is 0.562. The maximum atomic E-state index is 11.7. The van der Waals surface area contributed by atoms with E-state index in [1.54, 1.807) is 12.1 Å². The summed E-state index contributed by atoms with van der Waals surface area (Å²) in [6, 6.07) is 7.20. The molecule has 0 aliphatic rings. The zero-order valence-electron chi connectivity index (χ0n) is 7.90. The molecule has 0 aliphatic heterocycles. The lowest BCUT2D eigenvalue weighted by Crippen LogP contribution is -2.31. The number of rotatable bonds is 1. The zero-order valence-corrected chi connectivity index (χ0v) is 7.90. The molecular formula is C10H11N3O. The molecule has 2 N–H and O–H groups in total. The van der Waals surface area contributed by atoms with Crippen LogP contribution >= 0.6 is 0 Å². The molecule has 4 heteroatoms. The first-order valence-electron chi connectivity index (χ1n) is 4.49. The average molecular weight is 189 g/mol. The monoisotopic (exact) mass is 189 g/mol. The van der Waals surface area contributed by atoms with E-state index in [1.807, 2.05) is 19.1 Å². The van der Waals surface area contributed by atoms with Crippen molar-refractivity contribution in [1.29, 1.82) is 0 Å². The van der Waals surface area contributed by atoms with Crippen LogP contribution in [0.15, 0.2) is 29.1 Å². The number of hydrogen-bond donors (Lipinski definition) is 1. The summed E-state index contributed by atoms with van der Waals surface area (Å²) in [5.74, 6) is 6.21. The third-order valence-electron chi connectivity index (χ3n) is 2.20. The maximum absolute atomic E-state index is 11.7. The fraction of sp³-hybridized carbons (Fsp3) is 0.200. The van der Waals surface area contributed by atoms with Crippen molar-refractivity contribution in [2.24, 2.45) is 0 Å². The maximum Gasteiger partial charge on any atom is 0.279 e. The van der Waals surface area contributed by atoms with E-state index in [2.05, 4.69) is 4.98 Å². The molecule has 0 unspecified atom stereocenters. The van der Waals surface area contributed by atoms with E-state index >= 15 is 0 Å². The van der Waals surface area contributed by atoms with Crippen LogP contribution < -0.4 is 11.4 Å². The molecule has 2 aromatic rings. The second-order valence-electron chi connectivity index (χ2n) is 3.07. The molecular weight excluding hydrogens is 178 g/mol. The third kappa shape index (κ3) is 1.16. The highest BCUT2D eigenvalue weighted by molar-refractivity contribution is 5.77. The van der Waals surface area contributed by atoms with E-state index in [-0.39, 0.29) is 5.56 Å². The van der Waals surface area contributed by atoms with Crippen molar-refractivity contribution < 1.29 is 0 Å². The topological polar surface area (TPSA) is 60.9 Å². The van der Waals surface area contributed by atoms with Gasteiger partial charge in [0.1, 0.15) is 5.82 Å². The van der Waals surface area contributed by atoms with E-state index < -0.39 is 0 Å². The van der Waals surface area contributed by atoms with Crippen molar-refractivity contribution in [3.8, 4) is 0 Å². The molecule has 1 heterocycles. The lowest BCUT2D eigenvalue weighted by Gasteiger charge is -2.05. The smallest absolute Gasteiger partial charge is 0.279 e. The molecule has 0 aliphatic carbocycles. The summed E-state index contributed by atoms with van der Waals surface area (Å²) >= 11 is 0. The molecule has 0 atom stereocenters. The van der Waals surface area contributed by atoms with E-state index in [0.29, 0.717) is 23.1 Å². The largest absolute Gasteiger partial charge is 0.335 e. The minimum absolute atomic E-state index is 0.188. The number of hydrogen-bond acceptors (Lipinski definition) is 3. The number of nitrogen functional groups attached to an aromatic ring is 1. The summed E-state index contributed by atoms with van der Waals surface area (Å²) in [5.41, 5.74) is 0.517. The fourth-order valence-electron chi connectivity index (χ4n) is 1.44. The molecule has 0 radical (unpaired) electrons. The third-order valence-corrected chi connectivity index (χ3v) is 2.20. The first-order valence-corrected chi connectivity index (χ1v) is 4.49. The van der Waals surface area contributed by atoms with Crippen LogP contribution in [0, 0.1) is 0 Å². The molecule has 14 heavy (non-hydrogen) atoms. The highest BCUT2D eigenvalue weighted by Crippen LogP contribution is 2.06. The predicted octanol–water partition coefficient (Wildman–Crippen LogP) is 0.673. The van der Waals surface area contributed by atoms with E-state index in [0.717, 1.165) is 4.68 Å². The summed E-state index contributed by atoms with van der Waals surface area (Å²) in [6.07, 6.45) is 0.649. The number of nitrogens with two attached hydrogens (primary N) is 1. The van der Waals surface area contributed by atoms with Crippen LogP contribution in [-0.4, -0.2) is 9.66 Å². The van der Waals surface area contributed by atoms with Gasteiger partial charge in [0.15, 0.2) is 0 Å². The van der Waals surface area contributed by atoms with E-state index in [4.69, 9.17) is 5.84 Å². The average Bonchev–Trinajstić information content (AvgIpc) is 2.23. The van der Waals surface area contributed by atoms with Gasteiger partial charge in [0.2, 0.25) is 0 Å². The Morgan fingerprint density at radius 3 is 2.86 bits per heavy atom. The normalized spacial score (nSPS) is 10.6. The molecule has 0 fully saturated rings. The number of para-hydroxylation sites is 1. The van der Waals surface area contributed by atoms with Crippen LogP contribution in [0.2, 0.25) is 0 Å². The predicted molar refractivity (Wildman–Crippen MR) is 55.5 cm³/mol. The van der Waals surface area contributed by atoms with Gasteiger partial charge in [-0.15, -0.1) is 0 Å². The standard InChI is InChI=1S/C10H11N3O/c1-2-9-12-8-6-4-3-5-7(8)10(14)13(9)11/h3-6H,2,11H2,1H3. The van der Waals surface area contributed by atoms with Crippen molar-refractivity contribution in [2.75, 3.05) is 5.84 Å². The molecule has 1 aromatic heterocycles. The summed E-state index contributed by atoms with van der Waals surface area (Å²) < 4.78 is 1.11. The van der Waals surface area contributed by atoms with Crippen molar-refractivity contribution >= 4 is 10.9 Å². The lowest BCUT2D eigenvalue weighted by molar-refractivity contribution is 0.800. The highest BCUT2D eigenvalue weighted by atomic mass is 16.1. The Morgan fingerprint density at radius 1 is 1.43 bits per heavy atom. The first-order chi connectivity index (χ1) is 6.74. The van der Waals surface area contributed by atoms with Gasteiger partial charge in [-0.2, -0.15) is 0 Å². The quantitative estimate of drug-likeness (QED) is 0.671. The van der Waals surface area contributed by atoms with Gasteiger partial charge in [-0.1, -0.05) is 19.1 Å². The second kappa shape index (κ2) is 3.14. The van der Waals surface area contributed by atoms with Crippen LogP contribution in [-0.2, 0) is 6.42 Å². The molecule has 0 saturated carbocycles. The Bertz CT molecular complexity index is 530. The Hall–Kier alpha value is -1.84. The van der Waals surface area contributed by atoms with Crippen LogP contribution in [0.3, 0.4) is 0 Å². The van der Waals surface area contributed by atoms with Gasteiger partial charge < -0.3 is 5.84 Å². The van der Waals surface area contributed by atoms with Gasteiger partial charge >= 0.3 is 0 Å². The van der Waals surface area contributed by atoms with Crippen LogP contribution in [0.25, 0.3) is 10.9 Å². The number of benzene rings is 1. The Kier molecular flexibility index (Phi) is 1.96. The fourth-order valence-corrected chi connectivity index (χ4v) is 1.44. The molecule has 0 spiro atoms. The van der Waals surface area contributed by atoms with Crippen molar-refractivity contribution in [2.45, 2.75) is 13.3 Å².